The van der Waals surface area contributed by atoms with E-state index in [1.54, 1.807) is 24.3 Å². The molecule has 0 fully saturated rings. The number of carboxylic acids is 1. The first-order chi connectivity index (χ1) is 8.58. The fraction of sp³-hybridized carbons (Fsp3) is 0.0833. The van der Waals surface area contributed by atoms with Gasteiger partial charge in [0, 0.05) is 15.2 Å². The summed E-state index contributed by atoms with van der Waals surface area (Å²) in [5, 5.41) is 14.7. The molecule has 0 amide bonds. The highest BCUT2D eigenvalue weighted by atomic mass is 79.9. The number of hydrogen-bond acceptors (Lipinski definition) is 3. The van der Waals surface area contributed by atoms with Crippen molar-refractivity contribution in [2.75, 3.05) is 5.32 Å². The van der Waals surface area contributed by atoms with E-state index >= 15 is 0 Å². The van der Waals surface area contributed by atoms with Crippen molar-refractivity contribution in [2.45, 2.75) is 6.04 Å². The van der Waals surface area contributed by atoms with E-state index in [0.29, 0.717) is 10.7 Å². The van der Waals surface area contributed by atoms with Gasteiger partial charge in [-0.1, -0.05) is 11.6 Å². The van der Waals surface area contributed by atoms with Gasteiger partial charge in [-0.3, -0.25) is 0 Å². The molecule has 0 bridgehead atoms. The zero-order chi connectivity index (χ0) is 13.1. The molecule has 0 aliphatic heterocycles. The van der Waals surface area contributed by atoms with E-state index < -0.39 is 12.0 Å². The smallest absolute Gasteiger partial charge is 0.331 e. The quantitative estimate of drug-likeness (QED) is 0.862. The second-order valence-corrected chi connectivity index (χ2v) is 5.79. The molecule has 6 heteroatoms. The summed E-state index contributed by atoms with van der Waals surface area (Å²) in [5.41, 5.74) is 0.715. The zero-order valence-corrected chi connectivity index (χ0v) is 12.2. The van der Waals surface area contributed by atoms with E-state index in [1.807, 2.05) is 11.4 Å². The summed E-state index contributed by atoms with van der Waals surface area (Å²) in [6.07, 6.45) is 0. The number of halogens is 2. The highest BCUT2D eigenvalue weighted by Gasteiger charge is 2.23. The largest absolute Gasteiger partial charge is 0.479 e. The first-order valence-electron chi connectivity index (χ1n) is 5.05. The first kappa shape index (κ1) is 13.4. The molecule has 0 saturated heterocycles. The molecule has 3 nitrogen and oxygen atoms in total. The van der Waals surface area contributed by atoms with E-state index in [4.69, 9.17) is 11.6 Å². The topological polar surface area (TPSA) is 49.3 Å². The lowest BCUT2D eigenvalue weighted by atomic mass is 10.2. The number of hydrogen-bond donors (Lipinski definition) is 2. The fourth-order valence-electron chi connectivity index (χ4n) is 1.46. The molecule has 1 heterocycles. The second kappa shape index (κ2) is 5.73. The van der Waals surface area contributed by atoms with Crippen LogP contribution in [0.15, 0.2) is 40.2 Å². The Morgan fingerprint density at radius 2 is 2.00 bits per heavy atom. The van der Waals surface area contributed by atoms with Crippen LogP contribution in [0.5, 0.6) is 0 Å². The number of anilines is 1. The Hall–Kier alpha value is -1.04. The molecular weight excluding hydrogens is 338 g/mol. The molecule has 0 saturated carbocycles. The van der Waals surface area contributed by atoms with Gasteiger partial charge in [0.15, 0.2) is 6.04 Å². The van der Waals surface area contributed by atoms with Gasteiger partial charge in [-0.25, -0.2) is 4.79 Å². The van der Waals surface area contributed by atoms with E-state index in [9.17, 15) is 9.90 Å². The highest BCUT2D eigenvalue weighted by Crippen LogP contribution is 2.31. The van der Waals surface area contributed by atoms with Crippen molar-refractivity contribution in [3.05, 3.63) is 50.1 Å². The third kappa shape index (κ3) is 3.04. The molecule has 2 rings (SSSR count). The third-order valence-electron chi connectivity index (χ3n) is 2.31. The minimum Gasteiger partial charge on any atom is -0.479 e. The van der Waals surface area contributed by atoms with Gasteiger partial charge in [0.1, 0.15) is 0 Å². The SMILES string of the molecule is O=C(O)C(Nc1ccc(Cl)cc1)c1sccc1Br. The van der Waals surface area contributed by atoms with Crippen molar-refractivity contribution < 1.29 is 9.90 Å². The maximum atomic E-state index is 11.3. The molecule has 2 aromatic rings. The van der Waals surface area contributed by atoms with Crippen molar-refractivity contribution in [1.29, 1.82) is 0 Å². The van der Waals surface area contributed by atoms with Crippen molar-refractivity contribution in [3.8, 4) is 0 Å². The number of nitrogens with one attached hydrogen (secondary N) is 1. The number of benzene rings is 1. The maximum absolute atomic E-state index is 11.3. The Bertz CT molecular complexity index is 555. The van der Waals surface area contributed by atoms with Crippen LogP contribution in [0.3, 0.4) is 0 Å². The molecular formula is C12H9BrClNO2S. The third-order valence-corrected chi connectivity index (χ3v) is 4.50. The zero-order valence-electron chi connectivity index (χ0n) is 9.06. The summed E-state index contributed by atoms with van der Waals surface area (Å²) in [6, 6.07) is 7.98. The molecule has 1 atom stereocenters. The van der Waals surface area contributed by atoms with Gasteiger partial charge in [-0.05, 0) is 51.6 Å². The highest BCUT2D eigenvalue weighted by molar-refractivity contribution is 9.10. The van der Waals surface area contributed by atoms with Gasteiger partial charge in [0.25, 0.3) is 0 Å². The van der Waals surface area contributed by atoms with E-state index in [2.05, 4.69) is 21.2 Å². The van der Waals surface area contributed by atoms with Crippen LogP contribution in [0.25, 0.3) is 0 Å². The van der Waals surface area contributed by atoms with Crippen LogP contribution < -0.4 is 5.32 Å². The van der Waals surface area contributed by atoms with Crippen molar-refractivity contribution in [1.82, 2.24) is 0 Å². The molecule has 0 aliphatic rings. The van der Waals surface area contributed by atoms with E-state index in [0.717, 1.165) is 9.35 Å². The van der Waals surface area contributed by atoms with Crippen LogP contribution in [0.4, 0.5) is 5.69 Å². The van der Waals surface area contributed by atoms with Crippen LogP contribution in [0.2, 0.25) is 5.02 Å². The van der Waals surface area contributed by atoms with Crippen LogP contribution in [0.1, 0.15) is 10.9 Å². The van der Waals surface area contributed by atoms with Crippen molar-refractivity contribution in [2.24, 2.45) is 0 Å². The molecule has 1 aromatic carbocycles. The average Bonchev–Trinajstić information content (AvgIpc) is 2.74. The Morgan fingerprint density at radius 3 is 2.50 bits per heavy atom. The minimum absolute atomic E-state index is 0.615. The number of rotatable bonds is 4. The van der Waals surface area contributed by atoms with Gasteiger partial charge >= 0.3 is 5.97 Å². The summed E-state index contributed by atoms with van der Waals surface area (Å²) >= 11 is 10.5. The predicted octanol–water partition coefficient (Wildman–Crippen LogP) is 4.40. The Labute approximate surface area is 122 Å². The molecule has 0 aliphatic carbocycles. The standard InChI is InChI=1S/C12H9BrClNO2S/c13-9-5-6-18-11(9)10(12(16)17)15-8-3-1-7(14)2-4-8/h1-6,10,15H,(H,16,17). The molecule has 2 N–H and O–H groups in total. The van der Waals surface area contributed by atoms with Crippen LogP contribution in [0, 0.1) is 0 Å². The normalized spacial score (nSPS) is 12.1. The minimum atomic E-state index is -0.923. The Morgan fingerprint density at radius 1 is 1.33 bits per heavy atom. The predicted molar refractivity (Wildman–Crippen MR) is 77.5 cm³/mol. The Balaban J connectivity index is 2.25. The summed E-state index contributed by atoms with van der Waals surface area (Å²) in [7, 11) is 0. The first-order valence-corrected chi connectivity index (χ1v) is 7.11. The number of carboxylic acid groups (broad SMARTS) is 1. The van der Waals surface area contributed by atoms with E-state index in [-0.39, 0.29) is 0 Å². The van der Waals surface area contributed by atoms with Gasteiger partial charge in [0.2, 0.25) is 0 Å². The Kier molecular flexibility index (Phi) is 4.27. The summed E-state index contributed by atoms with van der Waals surface area (Å²) in [5.74, 6) is -0.923. The van der Waals surface area contributed by atoms with Crippen molar-refractivity contribution in [3.63, 3.8) is 0 Å². The number of carbonyl (C=O) groups is 1. The molecule has 0 radical (unpaired) electrons. The number of aliphatic carboxylic acids is 1. The summed E-state index contributed by atoms with van der Waals surface area (Å²) in [4.78, 5) is 12.1. The van der Waals surface area contributed by atoms with E-state index in [1.165, 1.54) is 11.3 Å². The second-order valence-electron chi connectivity index (χ2n) is 3.56. The molecule has 94 valence electrons. The lowest BCUT2D eigenvalue weighted by Crippen LogP contribution is -2.19. The van der Waals surface area contributed by atoms with Crippen molar-refractivity contribution >= 4 is 50.5 Å². The van der Waals surface area contributed by atoms with Crippen LogP contribution in [-0.2, 0) is 4.79 Å². The summed E-state index contributed by atoms with van der Waals surface area (Å²) < 4.78 is 0.793. The molecule has 1 unspecified atom stereocenters. The molecule has 0 spiro atoms. The fourth-order valence-corrected chi connectivity index (χ4v) is 3.23. The number of thiophene rings is 1. The van der Waals surface area contributed by atoms with Gasteiger partial charge in [-0.15, -0.1) is 11.3 Å². The van der Waals surface area contributed by atoms with Gasteiger partial charge < -0.3 is 10.4 Å². The lowest BCUT2D eigenvalue weighted by Gasteiger charge is -2.15. The summed E-state index contributed by atoms with van der Waals surface area (Å²) in [6.45, 7) is 0. The molecule has 18 heavy (non-hydrogen) atoms. The monoisotopic (exact) mass is 345 g/mol. The van der Waals surface area contributed by atoms with Gasteiger partial charge in [-0.2, -0.15) is 0 Å². The average molecular weight is 347 g/mol. The van der Waals surface area contributed by atoms with Crippen LogP contribution >= 0.6 is 38.9 Å². The maximum Gasteiger partial charge on any atom is 0.331 e. The van der Waals surface area contributed by atoms with Gasteiger partial charge in [0.05, 0.1) is 4.88 Å². The lowest BCUT2D eigenvalue weighted by molar-refractivity contribution is -0.138. The van der Waals surface area contributed by atoms with Crippen LogP contribution in [-0.4, -0.2) is 11.1 Å². The molecule has 1 aromatic heterocycles.